The number of aliphatic hydroxyl groups excluding tert-OH is 1. The number of anilines is 2. The zero-order chi connectivity index (χ0) is 37.9. The minimum absolute atomic E-state index is 0.00506. The number of rotatable bonds is 15. The second-order valence-corrected chi connectivity index (χ2v) is 14.0. The van der Waals surface area contributed by atoms with Crippen molar-refractivity contribution in [1.82, 2.24) is 10.2 Å². The van der Waals surface area contributed by atoms with Crippen LogP contribution in [0.25, 0.3) is 11.1 Å². The fraction of sp³-hybridized carbons (Fsp3) is 0.289. The number of aliphatic hydroxyl groups is 1. The first-order chi connectivity index (χ1) is 26.2. The number of carbonyl (C=O) groups excluding carboxylic acids is 2. The molecule has 9 heteroatoms. The van der Waals surface area contributed by atoms with Gasteiger partial charge in [0.25, 0.3) is 0 Å². The second kappa shape index (κ2) is 18.6. The van der Waals surface area contributed by atoms with Crippen LogP contribution in [0.3, 0.4) is 0 Å². The molecule has 1 fully saturated rings. The first-order valence-corrected chi connectivity index (χ1v) is 18.6. The van der Waals surface area contributed by atoms with Gasteiger partial charge >= 0.3 is 0 Å². The molecule has 6 rings (SSSR count). The summed E-state index contributed by atoms with van der Waals surface area (Å²) >= 11 is 0. The molecule has 0 radical (unpaired) electrons. The topological polar surface area (TPSA) is 126 Å². The molecule has 2 amide bonds. The van der Waals surface area contributed by atoms with Crippen LogP contribution in [-0.4, -0.2) is 41.5 Å². The van der Waals surface area contributed by atoms with Gasteiger partial charge in [-0.25, -0.2) is 0 Å². The van der Waals surface area contributed by atoms with E-state index in [4.69, 9.17) is 15.2 Å². The molecule has 54 heavy (non-hydrogen) atoms. The van der Waals surface area contributed by atoms with Gasteiger partial charge < -0.3 is 30.9 Å². The number of hydrogen-bond acceptors (Lipinski definition) is 7. The van der Waals surface area contributed by atoms with Gasteiger partial charge in [-0.1, -0.05) is 103 Å². The Morgan fingerprint density at radius 3 is 2.26 bits per heavy atom. The number of benzene rings is 5. The molecular weight excluding hydrogens is 677 g/mol. The number of likely N-dealkylation sites (N-methyl/N-ethyl adjacent to an activating group) is 1. The Morgan fingerprint density at radius 2 is 1.50 bits per heavy atom. The molecule has 0 unspecified atom stereocenters. The standard InChI is InChI=1S/C45H50N4O5/c1-31(34-12-4-3-5-13-34)49(2)29-39-27-42(35-23-21-32(30-50)22-24-35)54-45(53-39)38-16-9-15-37(26-38)36-14-8-11-33(25-36)28-47-43(51)19-10-20-44(52)48-41-18-7-6-17-40(41)46/h3-9,11-18,21-26,31,39,42,45,50H,10,19-20,27-30,46H2,1-2H3,(H,47,51)(H,48,52)/t31-,39-,42+,45+/m0/s1. The summed E-state index contributed by atoms with van der Waals surface area (Å²) in [5.74, 6) is -0.285. The van der Waals surface area contributed by atoms with E-state index in [1.165, 1.54) is 5.56 Å². The molecule has 9 nitrogen and oxygen atoms in total. The van der Waals surface area contributed by atoms with Crippen LogP contribution in [0.5, 0.6) is 0 Å². The third kappa shape index (κ3) is 10.4. The summed E-state index contributed by atoms with van der Waals surface area (Å²) in [5.41, 5.74) is 14.1. The van der Waals surface area contributed by atoms with Crippen molar-refractivity contribution >= 4 is 23.2 Å². The smallest absolute Gasteiger partial charge is 0.224 e. The predicted octanol–water partition coefficient (Wildman–Crippen LogP) is 8.09. The molecule has 0 aromatic heterocycles. The van der Waals surface area contributed by atoms with Gasteiger partial charge in [-0.15, -0.1) is 0 Å². The monoisotopic (exact) mass is 726 g/mol. The van der Waals surface area contributed by atoms with Crippen LogP contribution in [-0.2, 0) is 32.2 Å². The number of nitrogen functional groups attached to an aromatic ring is 1. The predicted molar refractivity (Wildman–Crippen MR) is 213 cm³/mol. The molecule has 4 atom stereocenters. The van der Waals surface area contributed by atoms with Crippen molar-refractivity contribution in [1.29, 1.82) is 0 Å². The lowest BCUT2D eigenvalue weighted by molar-refractivity contribution is -0.253. The van der Waals surface area contributed by atoms with Gasteiger partial charge in [0.2, 0.25) is 11.8 Å². The van der Waals surface area contributed by atoms with Crippen LogP contribution in [0.15, 0.2) is 127 Å². The summed E-state index contributed by atoms with van der Waals surface area (Å²) in [6.45, 7) is 3.31. The number of nitrogens with one attached hydrogen (secondary N) is 2. The molecule has 1 heterocycles. The number of hydrogen-bond donors (Lipinski definition) is 4. The maximum atomic E-state index is 12.6. The minimum Gasteiger partial charge on any atom is -0.397 e. The van der Waals surface area contributed by atoms with E-state index in [1.54, 1.807) is 12.1 Å². The lowest BCUT2D eigenvalue weighted by Gasteiger charge is -2.39. The Balaban J connectivity index is 1.09. The summed E-state index contributed by atoms with van der Waals surface area (Å²) in [4.78, 5) is 27.3. The number of nitrogens with zero attached hydrogens (tertiary/aromatic N) is 1. The van der Waals surface area contributed by atoms with Crippen molar-refractivity contribution in [3.05, 3.63) is 155 Å². The van der Waals surface area contributed by atoms with Gasteiger partial charge in [0, 0.05) is 44.0 Å². The highest BCUT2D eigenvalue weighted by Crippen LogP contribution is 2.39. The van der Waals surface area contributed by atoms with E-state index in [9.17, 15) is 14.7 Å². The highest BCUT2D eigenvalue weighted by Gasteiger charge is 2.33. The summed E-state index contributed by atoms with van der Waals surface area (Å²) in [7, 11) is 2.13. The molecule has 0 aliphatic carbocycles. The lowest BCUT2D eigenvalue weighted by atomic mass is 9.98. The summed E-state index contributed by atoms with van der Waals surface area (Å²) < 4.78 is 13.4. The highest BCUT2D eigenvalue weighted by atomic mass is 16.7. The minimum atomic E-state index is -0.582. The lowest BCUT2D eigenvalue weighted by Crippen LogP contribution is -2.38. The first-order valence-electron chi connectivity index (χ1n) is 18.6. The van der Waals surface area contributed by atoms with E-state index < -0.39 is 6.29 Å². The maximum absolute atomic E-state index is 12.6. The zero-order valence-corrected chi connectivity index (χ0v) is 31.0. The number of amides is 2. The van der Waals surface area contributed by atoms with E-state index in [0.717, 1.165) is 39.9 Å². The van der Waals surface area contributed by atoms with Gasteiger partial charge in [-0.2, -0.15) is 0 Å². The average molecular weight is 727 g/mol. The largest absolute Gasteiger partial charge is 0.397 e. The van der Waals surface area contributed by atoms with Crippen LogP contribution < -0.4 is 16.4 Å². The summed E-state index contributed by atoms with van der Waals surface area (Å²) in [6.07, 6.45) is 0.745. The molecule has 1 aliphatic heterocycles. The maximum Gasteiger partial charge on any atom is 0.224 e. The molecule has 280 valence electrons. The Hall–Kier alpha value is -5.32. The Kier molecular flexibility index (Phi) is 13.2. The molecule has 5 aromatic rings. The molecule has 0 bridgehead atoms. The first kappa shape index (κ1) is 38.4. The van der Waals surface area contributed by atoms with Crippen molar-refractivity contribution in [2.24, 2.45) is 0 Å². The van der Waals surface area contributed by atoms with E-state index in [2.05, 4.69) is 78.0 Å². The molecule has 5 N–H and O–H groups in total. The third-order valence-electron chi connectivity index (χ3n) is 10.0. The van der Waals surface area contributed by atoms with Crippen LogP contribution in [0.2, 0.25) is 0 Å². The quantitative estimate of drug-likeness (QED) is 0.0804. The van der Waals surface area contributed by atoms with Crippen LogP contribution in [0.4, 0.5) is 11.4 Å². The van der Waals surface area contributed by atoms with Gasteiger partial charge in [-0.05, 0) is 78.0 Å². The van der Waals surface area contributed by atoms with Crippen molar-refractivity contribution in [2.75, 3.05) is 24.6 Å². The Morgan fingerprint density at radius 1 is 0.796 bits per heavy atom. The van der Waals surface area contributed by atoms with Gasteiger partial charge in [-0.3, -0.25) is 14.5 Å². The Labute approximate surface area is 318 Å². The van der Waals surface area contributed by atoms with E-state index in [-0.39, 0.29) is 49.5 Å². The van der Waals surface area contributed by atoms with Crippen LogP contribution >= 0.6 is 0 Å². The molecule has 1 aliphatic rings. The molecule has 1 saturated heterocycles. The highest BCUT2D eigenvalue weighted by molar-refractivity contribution is 5.94. The van der Waals surface area contributed by atoms with Crippen molar-refractivity contribution < 1.29 is 24.2 Å². The van der Waals surface area contributed by atoms with Gasteiger partial charge in [0.1, 0.15) is 0 Å². The fourth-order valence-electron chi connectivity index (χ4n) is 6.75. The fourth-order valence-corrected chi connectivity index (χ4v) is 6.75. The summed E-state index contributed by atoms with van der Waals surface area (Å²) in [5, 5.41) is 15.4. The number of ether oxygens (including phenoxy) is 2. The molecule has 0 saturated carbocycles. The second-order valence-electron chi connectivity index (χ2n) is 14.0. The van der Waals surface area contributed by atoms with Crippen LogP contribution in [0, 0.1) is 0 Å². The van der Waals surface area contributed by atoms with Crippen molar-refractivity contribution in [2.45, 2.75) is 70.3 Å². The number of carbonyl (C=O) groups is 2. The van der Waals surface area contributed by atoms with E-state index in [1.807, 2.05) is 66.7 Å². The SMILES string of the molecule is C[C@@H](c1ccccc1)N(C)C[C@@H]1C[C@H](c2ccc(CO)cc2)O[C@H](c2cccc(-c3cccc(CNC(=O)CCCC(=O)Nc4ccccc4N)c3)c2)O1. The van der Waals surface area contributed by atoms with Crippen molar-refractivity contribution in [3.63, 3.8) is 0 Å². The average Bonchev–Trinajstić information content (AvgIpc) is 3.21. The zero-order valence-electron chi connectivity index (χ0n) is 31.0. The number of para-hydroxylation sites is 2. The number of nitrogens with two attached hydrogens (primary N) is 1. The van der Waals surface area contributed by atoms with Crippen molar-refractivity contribution in [3.8, 4) is 11.1 Å². The van der Waals surface area contributed by atoms with Gasteiger partial charge in [0.05, 0.1) is 30.2 Å². The van der Waals surface area contributed by atoms with Crippen LogP contribution in [0.1, 0.15) is 78.9 Å². The normalized spacial score (nSPS) is 17.5. The third-order valence-corrected chi connectivity index (χ3v) is 10.0. The Bertz CT molecular complexity index is 1990. The molecular formula is C45H50N4O5. The summed E-state index contributed by atoms with van der Waals surface area (Å²) in [6, 6.07) is 42.1. The van der Waals surface area contributed by atoms with E-state index in [0.29, 0.717) is 30.8 Å². The van der Waals surface area contributed by atoms with E-state index >= 15 is 0 Å². The molecule has 0 spiro atoms. The van der Waals surface area contributed by atoms with Gasteiger partial charge in [0.15, 0.2) is 6.29 Å². The molecule has 5 aromatic carbocycles.